The van der Waals surface area contributed by atoms with Crippen LogP contribution in [-0.2, 0) is 14.3 Å². The molecule has 11 heteroatoms. The first kappa shape index (κ1) is 60.1. The second-order valence-electron chi connectivity index (χ2n) is 19.3. The Morgan fingerprint density at radius 3 is 1.17 bits per heavy atom. The zero-order valence-corrected chi connectivity index (χ0v) is 40.8. The van der Waals surface area contributed by atoms with Crippen LogP contribution >= 0.6 is 0 Å². The summed E-state index contributed by atoms with van der Waals surface area (Å²) in [6.45, 7) is 3.41. The molecule has 1 amide bonds. The van der Waals surface area contributed by atoms with Crippen molar-refractivity contribution in [2.75, 3.05) is 13.2 Å². The Bertz CT molecular complexity index is 991. The number of amides is 1. The molecule has 9 unspecified atom stereocenters. The average Bonchev–Trinajstić information content (AvgIpc) is 3.28. The van der Waals surface area contributed by atoms with E-state index < -0.39 is 74.2 Å². The van der Waals surface area contributed by atoms with Crippen LogP contribution in [0.1, 0.15) is 258 Å². The van der Waals surface area contributed by atoms with E-state index in [0.29, 0.717) is 19.3 Å². The molecule has 0 saturated carbocycles. The number of aliphatic hydroxyl groups is 7. The lowest BCUT2D eigenvalue weighted by atomic mass is 9.98. The van der Waals surface area contributed by atoms with Crippen molar-refractivity contribution in [1.82, 2.24) is 5.32 Å². The highest BCUT2D eigenvalue weighted by atomic mass is 16.7. The molecule has 1 aliphatic heterocycles. The molecule has 0 bridgehead atoms. The molecule has 1 fully saturated rings. The normalized spacial score (nSPS) is 21.1. The van der Waals surface area contributed by atoms with Gasteiger partial charge in [-0.15, -0.1) is 0 Å². The average molecular weight is 902 g/mol. The molecule has 0 aromatic carbocycles. The van der Waals surface area contributed by atoms with Crippen LogP contribution in [0.2, 0.25) is 0 Å². The van der Waals surface area contributed by atoms with Crippen molar-refractivity contribution in [2.24, 2.45) is 0 Å². The van der Waals surface area contributed by atoms with Crippen LogP contribution < -0.4 is 5.32 Å². The molecular formula is C52H103NO10. The topological polar surface area (TPSA) is 189 Å². The van der Waals surface area contributed by atoms with Crippen LogP contribution in [0.3, 0.4) is 0 Å². The Hall–Kier alpha value is -0.890. The standard InChI is InChI=1S/C52H103NO10/c1-3-5-7-9-11-12-13-14-15-16-17-18-19-20-21-22-23-24-25-26-27-28-29-30-31-32-34-36-38-40-45(56)51(61)53-43(47(57)44(55)39-37-35-33-10-8-6-4-2)42-62-52-50(60)49(59)48(58)46(41-54)63-52/h43-50,52,54-60H,3-42H2,1-2H3,(H,53,61). The molecular weight excluding hydrogens is 799 g/mol. The zero-order valence-electron chi connectivity index (χ0n) is 40.8. The van der Waals surface area contributed by atoms with Crippen LogP contribution in [0.15, 0.2) is 0 Å². The maximum Gasteiger partial charge on any atom is 0.249 e. The number of carbonyl (C=O) groups is 1. The fourth-order valence-electron chi connectivity index (χ4n) is 8.97. The number of carbonyl (C=O) groups excluding carboxylic acids is 1. The van der Waals surface area contributed by atoms with Gasteiger partial charge in [-0.05, 0) is 12.8 Å². The van der Waals surface area contributed by atoms with Crippen molar-refractivity contribution >= 4 is 5.91 Å². The van der Waals surface area contributed by atoms with E-state index in [0.717, 1.165) is 44.9 Å². The third-order valence-electron chi connectivity index (χ3n) is 13.4. The van der Waals surface area contributed by atoms with Gasteiger partial charge in [-0.2, -0.15) is 0 Å². The molecule has 63 heavy (non-hydrogen) atoms. The van der Waals surface area contributed by atoms with Gasteiger partial charge in [0.25, 0.3) is 0 Å². The number of hydrogen-bond acceptors (Lipinski definition) is 10. The van der Waals surface area contributed by atoms with Gasteiger partial charge < -0.3 is 50.5 Å². The molecule has 1 rings (SSSR count). The number of hydrogen-bond donors (Lipinski definition) is 8. The third kappa shape index (κ3) is 31.7. The summed E-state index contributed by atoms with van der Waals surface area (Å²) >= 11 is 0. The Labute approximate surface area is 386 Å². The van der Waals surface area contributed by atoms with Gasteiger partial charge in [0.15, 0.2) is 6.29 Å². The number of nitrogens with one attached hydrogen (secondary N) is 1. The van der Waals surface area contributed by atoms with Gasteiger partial charge in [0.2, 0.25) is 5.91 Å². The largest absolute Gasteiger partial charge is 0.394 e. The molecule has 1 heterocycles. The summed E-state index contributed by atoms with van der Waals surface area (Å²) in [6.07, 6.45) is 35.0. The third-order valence-corrected chi connectivity index (χ3v) is 13.4. The van der Waals surface area contributed by atoms with Crippen LogP contribution in [0.4, 0.5) is 0 Å². The monoisotopic (exact) mass is 902 g/mol. The van der Waals surface area contributed by atoms with Gasteiger partial charge in [-0.25, -0.2) is 0 Å². The molecule has 0 radical (unpaired) electrons. The number of ether oxygens (including phenoxy) is 2. The van der Waals surface area contributed by atoms with E-state index in [4.69, 9.17) is 9.47 Å². The summed E-state index contributed by atoms with van der Waals surface area (Å²) in [5, 5.41) is 75.5. The molecule has 8 N–H and O–H groups in total. The molecule has 1 saturated heterocycles. The van der Waals surface area contributed by atoms with Crippen molar-refractivity contribution in [3.8, 4) is 0 Å². The van der Waals surface area contributed by atoms with Crippen LogP contribution in [0.25, 0.3) is 0 Å². The van der Waals surface area contributed by atoms with Crippen molar-refractivity contribution in [3.63, 3.8) is 0 Å². The predicted octanol–water partition coefficient (Wildman–Crippen LogP) is 10.2. The first-order valence-corrected chi connectivity index (χ1v) is 26.9. The Balaban J connectivity index is 2.15. The summed E-state index contributed by atoms with van der Waals surface area (Å²) in [4.78, 5) is 13.1. The summed E-state index contributed by atoms with van der Waals surface area (Å²) in [6, 6.07) is -1.16. The Kier molecular flexibility index (Phi) is 40.5. The van der Waals surface area contributed by atoms with Gasteiger partial charge in [0.05, 0.1) is 25.4 Å². The predicted molar refractivity (Wildman–Crippen MR) is 256 cm³/mol. The lowest BCUT2D eigenvalue weighted by Gasteiger charge is -2.40. The van der Waals surface area contributed by atoms with E-state index in [2.05, 4.69) is 19.2 Å². The number of aliphatic hydroxyl groups excluding tert-OH is 7. The molecule has 9 atom stereocenters. The van der Waals surface area contributed by atoms with Crippen molar-refractivity contribution in [2.45, 2.75) is 313 Å². The molecule has 0 aliphatic carbocycles. The highest BCUT2D eigenvalue weighted by Gasteiger charge is 2.44. The molecule has 0 aromatic rings. The van der Waals surface area contributed by atoms with E-state index in [1.165, 1.54) is 173 Å². The quantitative estimate of drug-likeness (QED) is 0.0273. The molecule has 1 aliphatic rings. The van der Waals surface area contributed by atoms with Crippen LogP contribution in [-0.4, -0.2) is 110 Å². The van der Waals surface area contributed by atoms with E-state index in [9.17, 15) is 40.5 Å². The summed E-state index contributed by atoms with van der Waals surface area (Å²) in [5.74, 6) is -0.695. The van der Waals surface area contributed by atoms with Gasteiger partial charge in [0.1, 0.15) is 36.6 Å². The van der Waals surface area contributed by atoms with Crippen molar-refractivity contribution in [1.29, 1.82) is 0 Å². The maximum absolute atomic E-state index is 13.1. The van der Waals surface area contributed by atoms with E-state index in [1.54, 1.807) is 0 Å². The molecule has 376 valence electrons. The van der Waals surface area contributed by atoms with Crippen molar-refractivity contribution in [3.05, 3.63) is 0 Å². The number of unbranched alkanes of at least 4 members (excludes halogenated alkanes) is 34. The van der Waals surface area contributed by atoms with Crippen molar-refractivity contribution < 1.29 is 50.0 Å². The highest BCUT2D eigenvalue weighted by molar-refractivity contribution is 5.80. The van der Waals surface area contributed by atoms with Crippen LogP contribution in [0.5, 0.6) is 0 Å². The SMILES string of the molecule is CCCCCCCCCCCCCCCCCCCCCCCCCCCCCCCC(O)C(=O)NC(COC1OC(CO)C(O)C(O)C1O)C(O)C(O)CCCCCCCCC. The fraction of sp³-hybridized carbons (Fsp3) is 0.981. The summed E-state index contributed by atoms with van der Waals surface area (Å²) in [5.41, 5.74) is 0. The summed E-state index contributed by atoms with van der Waals surface area (Å²) < 4.78 is 11.1. The Morgan fingerprint density at radius 1 is 0.492 bits per heavy atom. The maximum atomic E-state index is 13.1. The zero-order chi connectivity index (χ0) is 46.2. The fourth-order valence-corrected chi connectivity index (χ4v) is 8.97. The second-order valence-corrected chi connectivity index (χ2v) is 19.3. The van der Waals surface area contributed by atoms with Crippen LogP contribution in [0, 0.1) is 0 Å². The second kappa shape index (κ2) is 42.5. The van der Waals surface area contributed by atoms with E-state index >= 15 is 0 Å². The Morgan fingerprint density at radius 2 is 0.825 bits per heavy atom. The first-order valence-electron chi connectivity index (χ1n) is 26.9. The van der Waals surface area contributed by atoms with E-state index in [-0.39, 0.29) is 6.42 Å². The summed E-state index contributed by atoms with van der Waals surface area (Å²) in [7, 11) is 0. The lowest BCUT2D eigenvalue weighted by molar-refractivity contribution is -0.303. The minimum atomic E-state index is -1.65. The van der Waals surface area contributed by atoms with Gasteiger partial charge >= 0.3 is 0 Å². The highest BCUT2D eigenvalue weighted by Crippen LogP contribution is 2.23. The molecule has 0 spiro atoms. The first-order chi connectivity index (χ1) is 30.7. The van der Waals surface area contributed by atoms with Gasteiger partial charge in [-0.1, -0.05) is 245 Å². The minimum Gasteiger partial charge on any atom is -0.394 e. The minimum absolute atomic E-state index is 0.266. The number of rotatable bonds is 46. The van der Waals surface area contributed by atoms with Gasteiger partial charge in [-0.3, -0.25) is 4.79 Å². The van der Waals surface area contributed by atoms with E-state index in [1.807, 2.05) is 0 Å². The molecule has 0 aromatic heterocycles. The lowest BCUT2D eigenvalue weighted by Crippen LogP contribution is -2.60. The molecule has 11 nitrogen and oxygen atoms in total. The smallest absolute Gasteiger partial charge is 0.249 e. The van der Waals surface area contributed by atoms with Gasteiger partial charge in [0, 0.05) is 0 Å².